The van der Waals surface area contributed by atoms with E-state index in [2.05, 4.69) is 10.6 Å². The highest BCUT2D eigenvalue weighted by molar-refractivity contribution is 5.91. The lowest BCUT2D eigenvalue weighted by atomic mass is 10.1. The maximum absolute atomic E-state index is 12.9. The molecule has 0 aliphatic carbocycles. The van der Waals surface area contributed by atoms with E-state index >= 15 is 0 Å². The molecule has 0 fully saturated rings. The minimum Gasteiger partial charge on any atom is -0.483 e. The van der Waals surface area contributed by atoms with E-state index in [0.717, 1.165) is 17.7 Å². The van der Waals surface area contributed by atoms with E-state index in [0.29, 0.717) is 30.1 Å². The van der Waals surface area contributed by atoms with E-state index < -0.39 is 17.6 Å². The average Bonchev–Trinajstić information content (AvgIpc) is 2.74. The lowest BCUT2D eigenvalue weighted by molar-refractivity contribution is -0.137. The van der Waals surface area contributed by atoms with Crippen LogP contribution in [0.2, 0.25) is 0 Å². The van der Waals surface area contributed by atoms with Gasteiger partial charge in [-0.1, -0.05) is 30.3 Å². The van der Waals surface area contributed by atoms with Gasteiger partial charge in [-0.2, -0.15) is 13.2 Å². The van der Waals surface area contributed by atoms with Crippen LogP contribution in [0.15, 0.2) is 72.8 Å². The number of para-hydroxylation sites is 1. The first-order valence-corrected chi connectivity index (χ1v) is 9.44. The van der Waals surface area contributed by atoms with Gasteiger partial charge in [0.1, 0.15) is 11.6 Å². The highest BCUT2D eigenvalue weighted by atomic mass is 19.4. The van der Waals surface area contributed by atoms with Crippen LogP contribution in [0.1, 0.15) is 16.7 Å². The van der Waals surface area contributed by atoms with Gasteiger partial charge in [0.15, 0.2) is 6.61 Å². The zero-order valence-electron chi connectivity index (χ0n) is 16.4. The topological polar surface area (TPSA) is 50.4 Å². The standard InChI is InChI=1S/C23H20F4N2O2/c24-19-9-11-20(12-10-19)29-22(30)15-31-21-4-2-1-3-17(21)14-28-13-16-5-7-18(8-6-16)23(25,26)27/h1-12,28H,13-15H2,(H,29,30). The summed E-state index contributed by atoms with van der Waals surface area (Å²) in [5.41, 5.74) is 1.28. The molecule has 0 aliphatic rings. The molecule has 0 heterocycles. The number of nitrogens with one attached hydrogen (secondary N) is 2. The number of carbonyl (C=O) groups is 1. The summed E-state index contributed by atoms with van der Waals surface area (Å²) in [4.78, 5) is 12.1. The second kappa shape index (κ2) is 10.1. The SMILES string of the molecule is O=C(COc1ccccc1CNCc1ccc(C(F)(F)F)cc1)Nc1ccc(F)cc1. The molecule has 4 nitrogen and oxygen atoms in total. The van der Waals surface area contributed by atoms with Crippen molar-refractivity contribution in [1.29, 1.82) is 0 Å². The van der Waals surface area contributed by atoms with Crippen LogP contribution in [0, 0.1) is 5.82 Å². The van der Waals surface area contributed by atoms with Crippen LogP contribution in [0.4, 0.5) is 23.2 Å². The smallest absolute Gasteiger partial charge is 0.416 e. The molecule has 3 aromatic carbocycles. The highest BCUT2D eigenvalue weighted by Gasteiger charge is 2.29. The van der Waals surface area contributed by atoms with Gasteiger partial charge in [-0.3, -0.25) is 4.79 Å². The van der Waals surface area contributed by atoms with Gasteiger partial charge in [-0.25, -0.2) is 4.39 Å². The minimum absolute atomic E-state index is 0.229. The lowest BCUT2D eigenvalue weighted by Crippen LogP contribution is -2.21. The Balaban J connectivity index is 1.50. The molecule has 8 heteroatoms. The molecule has 0 unspecified atom stereocenters. The van der Waals surface area contributed by atoms with Gasteiger partial charge in [0.2, 0.25) is 0 Å². The first-order chi connectivity index (χ1) is 14.8. The molecule has 162 valence electrons. The number of rotatable bonds is 8. The second-order valence-corrected chi connectivity index (χ2v) is 6.75. The summed E-state index contributed by atoms with van der Waals surface area (Å²) in [6.45, 7) is 0.543. The first kappa shape index (κ1) is 22.3. The van der Waals surface area contributed by atoms with Gasteiger partial charge in [0, 0.05) is 24.3 Å². The summed E-state index contributed by atoms with van der Waals surface area (Å²) in [7, 11) is 0. The molecule has 0 saturated carbocycles. The molecule has 0 saturated heterocycles. The molecule has 0 aliphatic heterocycles. The van der Waals surface area contributed by atoms with Crippen LogP contribution in [0.3, 0.4) is 0 Å². The Morgan fingerprint density at radius 3 is 2.23 bits per heavy atom. The Morgan fingerprint density at radius 2 is 1.55 bits per heavy atom. The molecule has 0 spiro atoms. The van der Waals surface area contributed by atoms with Gasteiger partial charge in [-0.05, 0) is 48.0 Å². The van der Waals surface area contributed by atoms with Crippen molar-refractivity contribution >= 4 is 11.6 Å². The molecule has 2 N–H and O–H groups in total. The van der Waals surface area contributed by atoms with E-state index in [9.17, 15) is 22.4 Å². The molecule has 0 radical (unpaired) electrons. The van der Waals surface area contributed by atoms with Crippen LogP contribution in [-0.2, 0) is 24.1 Å². The van der Waals surface area contributed by atoms with Crippen molar-refractivity contribution in [3.8, 4) is 5.75 Å². The fourth-order valence-electron chi connectivity index (χ4n) is 2.82. The largest absolute Gasteiger partial charge is 0.483 e. The molecule has 3 rings (SSSR count). The maximum atomic E-state index is 12.9. The number of benzene rings is 3. The Labute approximate surface area is 176 Å². The van der Waals surface area contributed by atoms with Crippen molar-refractivity contribution in [3.63, 3.8) is 0 Å². The third-order valence-corrected chi connectivity index (χ3v) is 4.39. The molecule has 0 atom stereocenters. The van der Waals surface area contributed by atoms with Crippen molar-refractivity contribution in [2.75, 3.05) is 11.9 Å². The highest BCUT2D eigenvalue weighted by Crippen LogP contribution is 2.29. The molecule has 0 bridgehead atoms. The lowest BCUT2D eigenvalue weighted by Gasteiger charge is -2.13. The summed E-state index contributed by atoms with van der Waals surface area (Å²) >= 11 is 0. The summed E-state index contributed by atoms with van der Waals surface area (Å²) < 4.78 is 56.4. The molecular formula is C23H20F4N2O2. The van der Waals surface area contributed by atoms with Crippen molar-refractivity contribution in [2.24, 2.45) is 0 Å². The quantitative estimate of drug-likeness (QED) is 0.484. The number of carbonyl (C=O) groups excluding carboxylic acids is 1. The van der Waals surface area contributed by atoms with Crippen LogP contribution in [0.25, 0.3) is 0 Å². The Kier molecular flexibility index (Phi) is 7.25. The van der Waals surface area contributed by atoms with Crippen molar-refractivity contribution in [3.05, 3.63) is 95.3 Å². The Bertz CT molecular complexity index is 1000. The van der Waals surface area contributed by atoms with Crippen molar-refractivity contribution in [1.82, 2.24) is 5.32 Å². The third-order valence-electron chi connectivity index (χ3n) is 4.39. The summed E-state index contributed by atoms with van der Waals surface area (Å²) in [6.07, 6.45) is -4.36. The fraction of sp³-hybridized carbons (Fsp3) is 0.174. The van der Waals surface area contributed by atoms with Crippen molar-refractivity contribution in [2.45, 2.75) is 19.3 Å². The van der Waals surface area contributed by atoms with Gasteiger partial charge >= 0.3 is 6.18 Å². The number of ether oxygens (including phenoxy) is 1. The van der Waals surface area contributed by atoms with Gasteiger partial charge in [0.25, 0.3) is 5.91 Å². The van der Waals surface area contributed by atoms with Crippen LogP contribution in [0.5, 0.6) is 5.75 Å². The minimum atomic E-state index is -4.36. The number of hydrogen-bond donors (Lipinski definition) is 2. The maximum Gasteiger partial charge on any atom is 0.416 e. The summed E-state index contributed by atoms with van der Waals surface area (Å²) in [5.74, 6) is -0.275. The van der Waals surface area contributed by atoms with Gasteiger partial charge in [-0.15, -0.1) is 0 Å². The third kappa shape index (κ3) is 6.82. The summed E-state index contributed by atoms with van der Waals surface area (Å²) in [6, 6.07) is 17.5. The first-order valence-electron chi connectivity index (χ1n) is 9.44. The predicted molar refractivity (Wildman–Crippen MR) is 109 cm³/mol. The molecule has 1 amide bonds. The second-order valence-electron chi connectivity index (χ2n) is 6.75. The van der Waals surface area contributed by atoms with E-state index in [1.54, 1.807) is 12.1 Å². The van der Waals surface area contributed by atoms with E-state index in [4.69, 9.17) is 4.74 Å². The van der Waals surface area contributed by atoms with E-state index in [1.165, 1.54) is 36.4 Å². The van der Waals surface area contributed by atoms with E-state index in [-0.39, 0.29) is 12.5 Å². The number of halogens is 4. The zero-order chi connectivity index (χ0) is 22.3. The van der Waals surface area contributed by atoms with Gasteiger partial charge in [0.05, 0.1) is 5.56 Å². The fourth-order valence-corrected chi connectivity index (χ4v) is 2.82. The van der Waals surface area contributed by atoms with Crippen LogP contribution in [-0.4, -0.2) is 12.5 Å². The van der Waals surface area contributed by atoms with Crippen LogP contribution < -0.4 is 15.4 Å². The number of hydrogen-bond acceptors (Lipinski definition) is 3. The molecule has 0 aromatic heterocycles. The molecular weight excluding hydrogens is 412 g/mol. The predicted octanol–water partition coefficient (Wildman–Crippen LogP) is 5.15. The Morgan fingerprint density at radius 1 is 0.871 bits per heavy atom. The number of alkyl halides is 3. The van der Waals surface area contributed by atoms with Crippen molar-refractivity contribution < 1.29 is 27.1 Å². The zero-order valence-corrected chi connectivity index (χ0v) is 16.4. The monoisotopic (exact) mass is 432 g/mol. The molecule has 3 aromatic rings. The van der Waals surface area contributed by atoms with Crippen LogP contribution >= 0.6 is 0 Å². The normalized spacial score (nSPS) is 11.2. The number of anilines is 1. The Hall–Kier alpha value is -3.39. The van der Waals surface area contributed by atoms with E-state index in [1.807, 2.05) is 12.1 Å². The average molecular weight is 432 g/mol. The van der Waals surface area contributed by atoms with Gasteiger partial charge < -0.3 is 15.4 Å². The number of amides is 1. The molecule has 31 heavy (non-hydrogen) atoms. The summed E-state index contributed by atoms with van der Waals surface area (Å²) in [5, 5.41) is 5.76.